The first-order valence-corrected chi connectivity index (χ1v) is 6.27. The molecule has 1 aromatic rings. The molecule has 17 heavy (non-hydrogen) atoms. The van der Waals surface area contributed by atoms with Crippen LogP contribution in [-0.2, 0) is 4.79 Å². The number of nitrogens with one attached hydrogen (secondary N) is 1. The fraction of sp³-hybridized carbons (Fsp3) is 0.500. The topological polar surface area (TPSA) is 55.1 Å². The Bertz CT molecular complexity index is 391. The van der Waals surface area contributed by atoms with Crippen LogP contribution in [0.15, 0.2) is 24.3 Å². The third-order valence-corrected chi connectivity index (χ3v) is 3.51. The molecule has 3 heteroatoms. The summed E-state index contributed by atoms with van der Waals surface area (Å²) in [7, 11) is 0. The van der Waals surface area contributed by atoms with Gasteiger partial charge in [-0.3, -0.25) is 4.79 Å². The number of benzene rings is 1. The van der Waals surface area contributed by atoms with Crippen molar-refractivity contribution in [1.82, 2.24) is 0 Å². The zero-order valence-corrected chi connectivity index (χ0v) is 10.3. The highest BCUT2D eigenvalue weighted by molar-refractivity contribution is 5.98. The van der Waals surface area contributed by atoms with Gasteiger partial charge >= 0.3 is 0 Å². The van der Waals surface area contributed by atoms with Crippen molar-refractivity contribution in [1.29, 1.82) is 0 Å². The highest BCUT2D eigenvalue weighted by Crippen LogP contribution is 2.27. The Morgan fingerprint density at radius 3 is 2.35 bits per heavy atom. The summed E-state index contributed by atoms with van der Waals surface area (Å²) in [6.45, 7) is 2.02. The average Bonchev–Trinajstić information content (AvgIpc) is 2.33. The Labute approximate surface area is 102 Å². The number of aryl methyl sites for hydroxylation is 1. The summed E-state index contributed by atoms with van der Waals surface area (Å²) in [5.41, 5.74) is 7.52. The van der Waals surface area contributed by atoms with E-state index in [-0.39, 0.29) is 5.91 Å². The monoisotopic (exact) mass is 232 g/mol. The van der Waals surface area contributed by atoms with E-state index in [0.29, 0.717) is 0 Å². The normalized spacial score (nSPS) is 18.7. The summed E-state index contributed by atoms with van der Waals surface area (Å²) in [5, 5.41) is 2.92. The Balaban J connectivity index is 2.03. The zero-order chi connectivity index (χ0) is 12.3. The molecule has 0 spiro atoms. The molecule has 0 saturated heterocycles. The van der Waals surface area contributed by atoms with Crippen LogP contribution < -0.4 is 11.1 Å². The van der Waals surface area contributed by atoms with Gasteiger partial charge in [-0.05, 0) is 31.9 Å². The minimum Gasteiger partial charge on any atom is -0.324 e. The van der Waals surface area contributed by atoms with Crippen molar-refractivity contribution in [2.75, 3.05) is 5.32 Å². The summed E-state index contributed by atoms with van der Waals surface area (Å²) < 4.78 is 0. The molecule has 1 amide bonds. The van der Waals surface area contributed by atoms with Gasteiger partial charge in [0.05, 0.1) is 5.54 Å². The van der Waals surface area contributed by atoms with Gasteiger partial charge in [0.1, 0.15) is 0 Å². The number of nitrogens with two attached hydrogens (primary N) is 1. The van der Waals surface area contributed by atoms with Crippen LogP contribution in [0.1, 0.15) is 37.7 Å². The minimum absolute atomic E-state index is 0.0407. The summed E-state index contributed by atoms with van der Waals surface area (Å²) >= 11 is 0. The molecule has 1 aromatic carbocycles. The highest BCUT2D eigenvalue weighted by Gasteiger charge is 2.35. The number of rotatable bonds is 2. The van der Waals surface area contributed by atoms with Crippen molar-refractivity contribution in [3.63, 3.8) is 0 Å². The van der Waals surface area contributed by atoms with Gasteiger partial charge in [-0.15, -0.1) is 0 Å². The number of anilines is 1. The lowest BCUT2D eigenvalue weighted by atomic mass is 9.82. The molecule has 0 atom stereocenters. The van der Waals surface area contributed by atoms with Crippen LogP contribution in [0.25, 0.3) is 0 Å². The van der Waals surface area contributed by atoms with Crippen molar-refractivity contribution >= 4 is 11.6 Å². The lowest BCUT2D eigenvalue weighted by Gasteiger charge is -2.31. The summed E-state index contributed by atoms with van der Waals surface area (Å²) in [6.07, 6.45) is 4.89. The molecule has 1 aliphatic carbocycles. The molecule has 3 nitrogen and oxygen atoms in total. The average molecular weight is 232 g/mol. The van der Waals surface area contributed by atoms with Crippen molar-refractivity contribution < 1.29 is 4.79 Å². The van der Waals surface area contributed by atoms with Gasteiger partial charge in [0.2, 0.25) is 5.91 Å². The molecule has 0 heterocycles. The summed E-state index contributed by atoms with van der Waals surface area (Å²) in [5.74, 6) is -0.0407. The van der Waals surface area contributed by atoms with Gasteiger partial charge in [0.15, 0.2) is 0 Å². The molecule has 1 saturated carbocycles. The van der Waals surface area contributed by atoms with Crippen LogP contribution in [0, 0.1) is 6.92 Å². The molecule has 0 bridgehead atoms. The van der Waals surface area contributed by atoms with Gasteiger partial charge < -0.3 is 11.1 Å². The fourth-order valence-corrected chi connectivity index (χ4v) is 2.30. The van der Waals surface area contributed by atoms with Crippen LogP contribution >= 0.6 is 0 Å². The predicted molar refractivity (Wildman–Crippen MR) is 69.8 cm³/mol. The first-order valence-electron chi connectivity index (χ1n) is 6.27. The minimum atomic E-state index is -0.664. The second kappa shape index (κ2) is 4.88. The zero-order valence-electron chi connectivity index (χ0n) is 10.3. The third-order valence-electron chi connectivity index (χ3n) is 3.51. The molecule has 0 unspecified atom stereocenters. The third kappa shape index (κ3) is 2.86. The number of carbonyl (C=O) groups excluding carboxylic acids is 1. The number of amides is 1. The van der Waals surface area contributed by atoms with E-state index in [9.17, 15) is 4.79 Å². The van der Waals surface area contributed by atoms with Gasteiger partial charge in [0.25, 0.3) is 0 Å². The molecule has 92 valence electrons. The van der Waals surface area contributed by atoms with Gasteiger partial charge in [-0.1, -0.05) is 37.0 Å². The van der Waals surface area contributed by atoms with Gasteiger partial charge in [-0.25, -0.2) is 0 Å². The molecule has 0 radical (unpaired) electrons. The summed E-state index contributed by atoms with van der Waals surface area (Å²) in [6, 6.07) is 7.80. The SMILES string of the molecule is Cc1ccc(NC(=O)C2(N)CCCCC2)cc1. The van der Waals surface area contributed by atoms with E-state index < -0.39 is 5.54 Å². The largest absolute Gasteiger partial charge is 0.324 e. The molecular weight excluding hydrogens is 212 g/mol. The molecule has 3 N–H and O–H groups in total. The van der Waals surface area contributed by atoms with Crippen LogP contribution in [0.4, 0.5) is 5.69 Å². The van der Waals surface area contributed by atoms with E-state index in [1.165, 1.54) is 12.0 Å². The first-order chi connectivity index (χ1) is 8.10. The number of hydrogen-bond donors (Lipinski definition) is 2. The van der Waals surface area contributed by atoms with Crippen molar-refractivity contribution in [3.05, 3.63) is 29.8 Å². The smallest absolute Gasteiger partial charge is 0.244 e. The Morgan fingerprint density at radius 1 is 1.18 bits per heavy atom. The maximum atomic E-state index is 12.1. The molecular formula is C14H20N2O. The number of carbonyl (C=O) groups is 1. The van der Waals surface area contributed by atoms with E-state index in [1.807, 2.05) is 31.2 Å². The summed E-state index contributed by atoms with van der Waals surface area (Å²) in [4.78, 5) is 12.1. The molecule has 1 aliphatic rings. The van der Waals surface area contributed by atoms with Gasteiger partial charge in [-0.2, -0.15) is 0 Å². The van der Waals surface area contributed by atoms with Crippen molar-refractivity contribution in [2.24, 2.45) is 5.73 Å². The highest BCUT2D eigenvalue weighted by atomic mass is 16.2. The molecule has 1 fully saturated rings. The van der Waals surface area contributed by atoms with E-state index in [2.05, 4.69) is 5.32 Å². The lowest BCUT2D eigenvalue weighted by molar-refractivity contribution is -0.122. The quantitative estimate of drug-likeness (QED) is 0.823. The van der Waals surface area contributed by atoms with E-state index in [4.69, 9.17) is 5.73 Å². The number of hydrogen-bond acceptors (Lipinski definition) is 2. The van der Waals surface area contributed by atoms with Crippen molar-refractivity contribution in [3.8, 4) is 0 Å². The maximum absolute atomic E-state index is 12.1. The standard InChI is InChI=1S/C14H20N2O/c1-11-5-7-12(8-6-11)16-13(17)14(15)9-3-2-4-10-14/h5-8H,2-4,9-10,15H2,1H3,(H,16,17). The second-order valence-corrected chi connectivity index (χ2v) is 5.04. The first kappa shape index (κ1) is 12.1. The van der Waals surface area contributed by atoms with Crippen LogP contribution in [-0.4, -0.2) is 11.4 Å². The van der Waals surface area contributed by atoms with Gasteiger partial charge in [0, 0.05) is 5.69 Å². The van der Waals surface area contributed by atoms with E-state index >= 15 is 0 Å². The Kier molecular flexibility index (Phi) is 3.48. The molecule has 0 aliphatic heterocycles. The van der Waals surface area contributed by atoms with Crippen LogP contribution in [0.2, 0.25) is 0 Å². The Hall–Kier alpha value is -1.35. The van der Waals surface area contributed by atoms with Crippen LogP contribution in [0.3, 0.4) is 0 Å². The van der Waals surface area contributed by atoms with E-state index in [0.717, 1.165) is 31.4 Å². The van der Waals surface area contributed by atoms with Crippen molar-refractivity contribution in [2.45, 2.75) is 44.6 Å². The molecule has 0 aromatic heterocycles. The van der Waals surface area contributed by atoms with E-state index in [1.54, 1.807) is 0 Å². The maximum Gasteiger partial charge on any atom is 0.244 e. The Morgan fingerprint density at radius 2 is 1.76 bits per heavy atom. The second-order valence-electron chi connectivity index (χ2n) is 5.04. The fourth-order valence-electron chi connectivity index (χ4n) is 2.30. The molecule has 2 rings (SSSR count). The lowest BCUT2D eigenvalue weighted by Crippen LogP contribution is -2.52. The predicted octanol–water partition coefficient (Wildman–Crippen LogP) is 2.60. The van der Waals surface area contributed by atoms with Crippen LogP contribution in [0.5, 0.6) is 0 Å².